The Morgan fingerprint density at radius 1 is 0.857 bits per heavy atom. The summed E-state index contributed by atoms with van der Waals surface area (Å²) in [6.45, 7) is 0. The van der Waals surface area contributed by atoms with Crippen molar-refractivity contribution in [1.29, 1.82) is 0 Å². The zero-order valence-electron chi connectivity index (χ0n) is 2.99. The SMILES string of the molecule is [Cr+3].[O-2].[O-2].[O-2].[O]=[Sb+].[Ti+4]. The van der Waals surface area contributed by atoms with Gasteiger partial charge in [-0.1, -0.05) is 0 Å². The van der Waals surface area contributed by atoms with E-state index < -0.39 is 0 Å². The van der Waals surface area contributed by atoms with Gasteiger partial charge in [0.25, 0.3) is 0 Å². The van der Waals surface area contributed by atoms with E-state index in [9.17, 15) is 0 Å². The van der Waals surface area contributed by atoms with E-state index in [1.165, 1.54) is 0 Å². The second kappa shape index (κ2) is 116. The monoisotopic (exact) mass is 285 g/mol. The maximum absolute atomic E-state index is 8.30. The molecule has 0 aromatic rings. The fourth-order valence-electron chi connectivity index (χ4n) is 0. The van der Waals surface area contributed by atoms with Crippen LogP contribution in [0.15, 0.2) is 0 Å². The topological polar surface area (TPSA) is 103 Å². The quantitative estimate of drug-likeness (QED) is 0.531. The van der Waals surface area contributed by atoms with Gasteiger partial charge in [0, 0.05) is 0 Å². The van der Waals surface area contributed by atoms with Crippen LogP contribution < -0.4 is 0 Å². The third-order valence-corrected chi connectivity index (χ3v) is 0. The van der Waals surface area contributed by atoms with Gasteiger partial charge in [0.05, 0.1) is 0 Å². The van der Waals surface area contributed by atoms with Crippen LogP contribution in [0.25, 0.3) is 0 Å². The van der Waals surface area contributed by atoms with Crippen molar-refractivity contribution >= 4 is 23.0 Å². The van der Waals surface area contributed by atoms with Gasteiger partial charge in [0.15, 0.2) is 0 Å². The predicted octanol–water partition coefficient (Wildman–Crippen LogP) is -0.861. The molecule has 0 aliphatic carbocycles. The molecule has 0 aromatic heterocycles. The molecular weight excluding hydrogens is 286 g/mol. The first-order valence-corrected chi connectivity index (χ1v) is 1.22. The molecule has 0 atom stereocenters. The van der Waals surface area contributed by atoms with Crippen molar-refractivity contribution in [3.05, 3.63) is 0 Å². The molecule has 0 saturated carbocycles. The van der Waals surface area contributed by atoms with Gasteiger partial charge in [-0.05, 0) is 0 Å². The van der Waals surface area contributed by atoms with Gasteiger partial charge in [-0.15, -0.1) is 0 Å². The van der Waals surface area contributed by atoms with Crippen LogP contribution in [-0.4, -0.2) is 23.0 Å². The van der Waals surface area contributed by atoms with Crippen LogP contribution in [0.2, 0.25) is 0 Å². The molecule has 0 aromatic carbocycles. The van der Waals surface area contributed by atoms with Crippen molar-refractivity contribution in [3.8, 4) is 0 Å². The van der Waals surface area contributed by atoms with Gasteiger partial charge in [-0.2, -0.15) is 0 Å². The average molecular weight is 286 g/mol. The molecule has 7 heavy (non-hydrogen) atoms. The normalized spacial score (nSPS) is 0.571. The summed E-state index contributed by atoms with van der Waals surface area (Å²) >= 11 is 0.500. The van der Waals surface area contributed by atoms with Crippen molar-refractivity contribution in [2.45, 2.75) is 0 Å². The largest absolute Gasteiger partial charge is 4.00 e. The molecule has 0 heterocycles. The molecule has 4 nitrogen and oxygen atoms in total. The molecule has 0 rings (SSSR count). The molecule has 0 aliphatic rings. The fraction of sp³-hybridized carbons (Fsp3) is 0. The van der Waals surface area contributed by atoms with E-state index in [1.54, 1.807) is 0 Å². The van der Waals surface area contributed by atoms with Gasteiger partial charge in [-0.3, -0.25) is 0 Å². The molecule has 0 unspecified atom stereocenters. The minimum atomic E-state index is 0. The molecule has 0 saturated heterocycles. The van der Waals surface area contributed by atoms with Gasteiger partial charge >= 0.3 is 65.1 Å². The van der Waals surface area contributed by atoms with Crippen LogP contribution in [0, 0.1) is 0 Å². The van der Waals surface area contributed by atoms with Crippen LogP contribution in [0.1, 0.15) is 0 Å². The summed E-state index contributed by atoms with van der Waals surface area (Å²) in [5, 5.41) is 0. The Balaban J connectivity index is -0.000000000500. The first-order chi connectivity index (χ1) is 1.00. The molecule has 0 N–H and O–H groups in total. The zero-order valence-corrected chi connectivity index (χ0v) is 8.38. The van der Waals surface area contributed by atoms with E-state index in [4.69, 9.17) is 3.02 Å². The summed E-state index contributed by atoms with van der Waals surface area (Å²) in [5.41, 5.74) is 0. The standard InChI is InChI=1S/Cr.4O.Sb.Ti/q+3;;3*-2;+1;+4. The Bertz CT molecular complexity index is 11.7. The Morgan fingerprint density at radius 2 is 0.857 bits per heavy atom. The van der Waals surface area contributed by atoms with Crippen LogP contribution in [0.5, 0.6) is 0 Å². The van der Waals surface area contributed by atoms with Crippen LogP contribution >= 0.6 is 0 Å². The minimum Gasteiger partial charge on any atom is 4.00 e. The van der Waals surface area contributed by atoms with Gasteiger partial charge in [-0.25, -0.2) is 0 Å². The average Bonchev–Trinajstić information content (AvgIpc) is 1.00. The van der Waals surface area contributed by atoms with E-state index in [0.29, 0.717) is 23.0 Å². The number of rotatable bonds is 0. The second-order valence-electron chi connectivity index (χ2n) is 0. The summed E-state index contributed by atoms with van der Waals surface area (Å²) in [6.07, 6.45) is 0. The third-order valence-electron chi connectivity index (χ3n) is 0. The van der Waals surface area contributed by atoms with Crippen molar-refractivity contribution in [2.24, 2.45) is 0 Å². The molecule has 0 fully saturated rings. The predicted molar refractivity (Wildman–Crippen MR) is 8.50 cm³/mol. The van der Waals surface area contributed by atoms with E-state index >= 15 is 0 Å². The third kappa shape index (κ3) is 84.0. The Hall–Kier alpha value is 1.74. The van der Waals surface area contributed by atoms with Crippen molar-refractivity contribution in [2.75, 3.05) is 0 Å². The van der Waals surface area contributed by atoms with Crippen molar-refractivity contribution in [3.63, 3.8) is 0 Å². The molecule has 37 valence electrons. The van der Waals surface area contributed by atoms with Gasteiger partial charge in [0.2, 0.25) is 0 Å². The van der Waals surface area contributed by atoms with E-state index in [0.717, 1.165) is 0 Å². The summed E-state index contributed by atoms with van der Waals surface area (Å²) in [4.78, 5) is 0. The van der Waals surface area contributed by atoms with E-state index in [2.05, 4.69) is 0 Å². The number of hydrogen-bond acceptors (Lipinski definition) is 1. The molecule has 0 amide bonds. The van der Waals surface area contributed by atoms with Crippen molar-refractivity contribution < 1.29 is 58.5 Å². The van der Waals surface area contributed by atoms with Gasteiger partial charge < -0.3 is 16.4 Å². The van der Waals surface area contributed by atoms with Gasteiger partial charge in [0.1, 0.15) is 0 Å². The second-order valence-corrected chi connectivity index (χ2v) is 0. The number of hydrogen-bond donors (Lipinski definition) is 0. The van der Waals surface area contributed by atoms with E-state index in [-0.39, 0.29) is 55.5 Å². The smallest absolute Gasteiger partial charge is 4.00 e. The molecule has 0 bridgehead atoms. The van der Waals surface area contributed by atoms with Crippen LogP contribution in [-0.2, 0) is 58.5 Å². The van der Waals surface area contributed by atoms with Crippen molar-refractivity contribution in [1.82, 2.24) is 0 Å². The summed E-state index contributed by atoms with van der Waals surface area (Å²) in [5.74, 6) is 0. The van der Waals surface area contributed by atoms with E-state index in [1.807, 2.05) is 0 Å². The zero-order chi connectivity index (χ0) is 2.00. The maximum Gasteiger partial charge on any atom is 4.00 e. The Kier molecular flexibility index (Phi) is 1150. The Morgan fingerprint density at radius 3 is 0.857 bits per heavy atom. The molecule has 0 aliphatic heterocycles. The van der Waals surface area contributed by atoms with Crippen LogP contribution in [0.3, 0.4) is 0 Å². The summed E-state index contributed by atoms with van der Waals surface area (Å²) in [7, 11) is 0. The molecular formula is CrO4SbTi+2. The summed E-state index contributed by atoms with van der Waals surface area (Å²) < 4.78 is 8.30. The first kappa shape index (κ1) is 69.6. The summed E-state index contributed by atoms with van der Waals surface area (Å²) in [6, 6.07) is 0. The fourth-order valence-corrected chi connectivity index (χ4v) is 0. The molecule has 0 spiro atoms. The maximum atomic E-state index is 8.30. The first-order valence-electron chi connectivity index (χ1n) is 0.183. The Labute approximate surface area is 80.9 Å². The minimum absolute atomic E-state index is 0. The molecule has 3 radical (unpaired) electrons. The molecule has 7 heteroatoms. The van der Waals surface area contributed by atoms with Crippen LogP contribution in [0.4, 0.5) is 0 Å².